The van der Waals surface area contributed by atoms with Crippen LogP contribution in [0.5, 0.6) is 5.75 Å². The lowest BCUT2D eigenvalue weighted by atomic mass is 9.98. The Morgan fingerprint density at radius 1 is 1.10 bits per heavy atom. The Hall–Kier alpha value is -1.46. The minimum Gasteiger partial charge on any atom is -0.496 e. The first kappa shape index (κ1) is 14.9. The van der Waals surface area contributed by atoms with Crippen LogP contribution in [0.3, 0.4) is 0 Å². The number of hydrogen-bond acceptors (Lipinski definition) is 2. The number of benzene rings is 2. The molecule has 1 N–H and O–H groups in total. The zero-order chi connectivity index (χ0) is 14.9. The fourth-order valence-electron chi connectivity index (χ4n) is 1.98. The van der Waals surface area contributed by atoms with Crippen molar-refractivity contribution in [1.82, 2.24) is 0 Å². The zero-order valence-corrected chi connectivity index (χ0v) is 12.5. The first-order valence-corrected chi connectivity index (χ1v) is 6.70. The molecule has 0 spiro atoms. The maximum atomic E-state index is 13.9. The van der Waals surface area contributed by atoms with E-state index in [2.05, 4.69) is 15.9 Å². The molecule has 20 heavy (non-hydrogen) atoms. The van der Waals surface area contributed by atoms with Crippen molar-refractivity contribution in [1.29, 1.82) is 0 Å². The van der Waals surface area contributed by atoms with Crippen molar-refractivity contribution < 1.29 is 18.6 Å². The molecule has 0 aliphatic carbocycles. The van der Waals surface area contributed by atoms with Crippen molar-refractivity contribution in [3.8, 4) is 5.75 Å². The van der Waals surface area contributed by atoms with Crippen LogP contribution >= 0.6 is 15.9 Å². The molecule has 0 bridgehead atoms. The van der Waals surface area contributed by atoms with E-state index in [-0.39, 0.29) is 10.0 Å². The maximum absolute atomic E-state index is 13.9. The summed E-state index contributed by atoms with van der Waals surface area (Å²) in [6, 6.07) is 7.15. The molecule has 0 aromatic heterocycles. The molecule has 0 aliphatic rings. The van der Waals surface area contributed by atoms with Crippen LogP contribution in [-0.2, 0) is 0 Å². The van der Waals surface area contributed by atoms with Crippen LogP contribution < -0.4 is 4.74 Å². The van der Waals surface area contributed by atoms with Crippen molar-refractivity contribution in [3.63, 3.8) is 0 Å². The molecule has 2 nitrogen and oxygen atoms in total. The molecule has 106 valence electrons. The van der Waals surface area contributed by atoms with E-state index in [1.165, 1.54) is 7.11 Å². The normalized spacial score (nSPS) is 12.3. The Kier molecular flexibility index (Phi) is 4.40. The summed E-state index contributed by atoms with van der Waals surface area (Å²) >= 11 is 2.90. The summed E-state index contributed by atoms with van der Waals surface area (Å²) in [5.74, 6) is -0.896. The van der Waals surface area contributed by atoms with E-state index < -0.39 is 17.7 Å². The summed E-state index contributed by atoms with van der Waals surface area (Å²) in [7, 11) is 1.46. The molecule has 2 aromatic rings. The van der Waals surface area contributed by atoms with Crippen LogP contribution in [0, 0.1) is 18.6 Å². The molecule has 0 saturated carbocycles. The van der Waals surface area contributed by atoms with Gasteiger partial charge in [0.1, 0.15) is 23.5 Å². The van der Waals surface area contributed by atoms with Crippen molar-refractivity contribution >= 4 is 15.9 Å². The van der Waals surface area contributed by atoms with E-state index >= 15 is 0 Å². The predicted octanol–water partition coefficient (Wildman–Crippen LogP) is 4.13. The van der Waals surface area contributed by atoms with E-state index in [4.69, 9.17) is 4.74 Å². The number of aliphatic hydroxyl groups excluding tert-OH is 1. The Bertz CT molecular complexity index is 644. The van der Waals surface area contributed by atoms with Gasteiger partial charge in [-0.1, -0.05) is 11.6 Å². The number of aliphatic hydroxyl groups is 1. The summed E-state index contributed by atoms with van der Waals surface area (Å²) < 4.78 is 32.6. The summed E-state index contributed by atoms with van der Waals surface area (Å²) in [4.78, 5) is 0. The van der Waals surface area contributed by atoms with Gasteiger partial charge in [0.2, 0.25) is 0 Å². The molecule has 0 saturated heterocycles. The second kappa shape index (κ2) is 5.89. The molecular formula is C15H13BrF2O2. The van der Waals surface area contributed by atoms with Gasteiger partial charge in [-0.25, -0.2) is 8.78 Å². The van der Waals surface area contributed by atoms with Gasteiger partial charge in [0.25, 0.3) is 0 Å². The minimum absolute atomic E-state index is 0.0159. The highest BCUT2D eigenvalue weighted by atomic mass is 79.9. The second-order valence-electron chi connectivity index (χ2n) is 4.44. The molecule has 0 aliphatic heterocycles. The molecule has 0 radical (unpaired) electrons. The lowest BCUT2D eigenvalue weighted by Crippen LogP contribution is -2.06. The SMILES string of the molecule is COc1ccc(C)cc1C(O)c1cc(F)c(Br)cc1F. The summed E-state index contributed by atoms with van der Waals surface area (Å²) in [5, 5.41) is 10.3. The molecule has 0 fully saturated rings. The number of methoxy groups -OCH3 is 1. The summed E-state index contributed by atoms with van der Waals surface area (Å²) in [6.07, 6.45) is -1.30. The Morgan fingerprint density at radius 3 is 2.45 bits per heavy atom. The Balaban J connectivity index is 2.54. The lowest BCUT2D eigenvalue weighted by Gasteiger charge is -2.17. The first-order chi connectivity index (χ1) is 9.43. The molecule has 1 unspecified atom stereocenters. The van der Waals surface area contributed by atoms with E-state index in [0.717, 1.165) is 17.7 Å². The van der Waals surface area contributed by atoms with Gasteiger partial charge in [-0.2, -0.15) is 0 Å². The number of rotatable bonds is 3. The van der Waals surface area contributed by atoms with Crippen LogP contribution in [-0.4, -0.2) is 12.2 Å². The van der Waals surface area contributed by atoms with E-state index in [1.807, 2.05) is 13.0 Å². The average Bonchev–Trinajstić information content (AvgIpc) is 2.42. The number of hydrogen-bond donors (Lipinski definition) is 1. The highest BCUT2D eigenvalue weighted by molar-refractivity contribution is 9.10. The highest BCUT2D eigenvalue weighted by Crippen LogP contribution is 2.33. The fourth-order valence-corrected chi connectivity index (χ4v) is 2.30. The monoisotopic (exact) mass is 342 g/mol. The third-order valence-corrected chi connectivity index (χ3v) is 3.62. The van der Waals surface area contributed by atoms with Crippen molar-refractivity contribution in [2.45, 2.75) is 13.0 Å². The predicted molar refractivity (Wildman–Crippen MR) is 75.9 cm³/mol. The fraction of sp³-hybridized carbons (Fsp3) is 0.200. The smallest absolute Gasteiger partial charge is 0.137 e. The van der Waals surface area contributed by atoms with Gasteiger partial charge < -0.3 is 9.84 Å². The van der Waals surface area contributed by atoms with Gasteiger partial charge in [0.05, 0.1) is 11.6 Å². The largest absolute Gasteiger partial charge is 0.496 e. The number of ether oxygens (including phenoxy) is 1. The molecule has 5 heteroatoms. The summed E-state index contributed by atoms with van der Waals surface area (Å²) in [6.45, 7) is 1.84. The van der Waals surface area contributed by atoms with Gasteiger partial charge in [0, 0.05) is 11.1 Å². The third-order valence-electron chi connectivity index (χ3n) is 3.01. The van der Waals surface area contributed by atoms with Gasteiger partial charge in [-0.15, -0.1) is 0 Å². The molecular weight excluding hydrogens is 330 g/mol. The highest BCUT2D eigenvalue weighted by Gasteiger charge is 2.21. The van der Waals surface area contributed by atoms with Gasteiger partial charge in [-0.3, -0.25) is 0 Å². The van der Waals surface area contributed by atoms with Gasteiger partial charge in [0.15, 0.2) is 0 Å². The number of halogens is 3. The van der Waals surface area contributed by atoms with Gasteiger partial charge in [-0.05, 0) is 47.1 Å². The minimum atomic E-state index is -1.30. The quantitative estimate of drug-likeness (QED) is 0.850. The molecule has 1 atom stereocenters. The van der Waals surface area contributed by atoms with Gasteiger partial charge >= 0.3 is 0 Å². The Morgan fingerprint density at radius 2 is 1.80 bits per heavy atom. The Labute approximate surface area is 124 Å². The standard InChI is InChI=1S/C15H13BrF2O2/c1-8-3-4-14(20-2)10(5-8)15(19)9-6-13(18)11(16)7-12(9)17/h3-7,15,19H,1-2H3. The van der Waals surface area contributed by atoms with E-state index in [9.17, 15) is 13.9 Å². The van der Waals surface area contributed by atoms with Crippen LogP contribution in [0.1, 0.15) is 22.8 Å². The molecule has 0 heterocycles. The van der Waals surface area contributed by atoms with Crippen molar-refractivity contribution in [3.05, 3.63) is 63.1 Å². The van der Waals surface area contributed by atoms with Crippen LogP contribution in [0.25, 0.3) is 0 Å². The molecule has 2 aromatic carbocycles. The third kappa shape index (κ3) is 2.83. The average molecular weight is 343 g/mol. The first-order valence-electron chi connectivity index (χ1n) is 5.91. The molecule has 2 rings (SSSR count). The summed E-state index contributed by atoms with van der Waals surface area (Å²) in [5.41, 5.74) is 1.15. The van der Waals surface area contributed by atoms with Crippen molar-refractivity contribution in [2.24, 2.45) is 0 Å². The van der Waals surface area contributed by atoms with Crippen LogP contribution in [0.4, 0.5) is 8.78 Å². The number of aryl methyl sites for hydroxylation is 1. The van der Waals surface area contributed by atoms with Crippen molar-refractivity contribution in [2.75, 3.05) is 7.11 Å². The molecule has 0 amide bonds. The topological polar surface area (TPSA) is 29.5 Å². The lowest BCUT2D eigenvalue weighted by molar-refractivity contribution is 0.209. The van der Waals surface area contributed by atoms with Crippen LogP contribution in [0.15, 0.2) is 34.8 Å². The van der Waals surface area contributed by atoms with E-state index in [0.29, 0.717) is 11.3 Å². The second-order valence-corrected chi connectivity index (χ2v) is 5.29. The zero-order valence-electron chi connectivity index (χ0n) is 11.0. The van der Waals surface area contributed by atoms with E-state index in [1.54, 1.807) is 12.1 Å². The maximum Gasteiger partial charge on any atom is 0.137 e. The van der Waals surface area contributed by atoms with Crippen LogP contribution in [0.2, 0.25) is 0 Å².